The Morgan fingerprint density at radius 1 is 1.17 bits per heavy atom. The fourth-order valence-corrected chi connectivity index (χ4v) is 2.80. The number of carbonyl (C=O) groups is 1. The Bertz CT molecular complexity index is 683. The van der Waals surface area contributed by atoms with Crippen molar-refractivity contribution in [3.63, 3.8) is 0 Å². The zero-order valence-electron chi connectivity index (χ0n) is 15.0. The van der Waals surface area contributed by atoms with E-state index in [0.29, 0.717) is 19.6 Å². The fourth-order valence-electron chi connectivity index (χ4n) is 2.80. The molecule has 0 radical (unpaired) electrons. The van der Waals surface area contributed by atoms with Crippen LogP contribution in [0.5, 0.6) is 0 Å². The first-order valence-electron chi connectivity index (χ1n) is 8.82. The SMILES string of the molecule is CCCCOCCCNC(=O)Cc1c(C)nc2ccccc2c1C. The number of pyridine rings is 1. The Morgan fingerprint density at radius 3 is 2.71 bits per heavy atom. The molecule has 4 heteroatoms. The number of carbonyl (C=O) groups excluding carboxylic acids is 1. The van der Waals surface area contributed by atoms with E-state index in [2.05, 4.69) is 30.2 Å². The standard InChI is InChI=1S/C20H28N2O2/c1-4-5-12-24-13-8-11-21-20(23)14-18-15(2)17-9-6-7-10-19(17)22-16(18)3/h6-7,9-10H,4-5,8,11-14H2,1-3H3,(H,21,23). The number of fused-ring (bicyclic) bond motifs is 1. The summed E-state index contributed by atoms with van der Waals surface area (Å²) in [6.07, 6.45) is 3.48. The quantitative estimate of drug-likeness (QED) is 0.714. The molecule has 4 nitrogen and oxygen atoms in total. The summed E-state index contributed by atoms with van der Waals surface area (Å²) >= 11 is 0. The van der Waals surface area contributed by atoms with Gasteiger partial charge in [-0.05, 0) is 43.9 Å². The van der Waals surface area contributed by atoms with Crippen LogP contribution >= 0.6 is 0 Å². The first-order valence-corrected chi connectivity index (χ1v) is 8.82. The summed E-state index contributed by atoms with van der Waals surface area (Å²) in [5.41, 5.74) is 4.10. The van der Waals surface area contributed by atoms with Gasteiger partial charge < -0.3 is 10.1 Å². The van der Waals surface area contributed by atoms with Gasteiger partial charge in [-0.15, -0.1) is 0 Å². The number of benzene rings is 1. The highest BCUT2D eigenvalue weighted by atomic mass is 16.5. The van der Waals surface area contributed by atoms with E-state index in [9.17, 15) is 4.79 Å². The number of hydrogen-bond acceptors (Lipinski definition) is 3. The second kappa shape index (κ2) is 9.38. The topological polar surface area (TPSA) is 51.2 Å². The highest BCUT2D eigenvalue weighted by molar-refractivity contribution is 5.86. The molecule has 2 rings (SSSR count). The zero-order chi connectivity index (χ0) is 17.4. The lowest BCUT2D eigenvalue weighted by molar-refractivity contribution is -0.120. The van der Waals surface area contributed by atoms with Gasteiger partial charge in [0.25, 0.3) is 0 Å². The summed E-state index contributed by atoms with van der Waals surface area (Å²) < 4.78 is 5.50. The molecule has 0 fully saturated rings. The second-order valence-corrected chi connectivity index (χ2v) is 6.16. The van der Waals surface area contributed by atoms with Crippen molar-refractivity contribution in [2.45, 2.75) is 46.5 Å². The van der Waals surface area contributed by atoms with Gasteiger partial charge in [0.1, 0.15) is 0 Å². The number of aryl methyl sites for hydroxylation is 2. The van der Waals surface area contributed by atoms with E-state index in [0.717, 1.165) is 53.6 Å². The van der Waals surface area contributed by atoms with Crippen LogP contribution in [0.25, 0.3) is 10.9 Å². The second-order valence-electron chi connectivity index (χ2n) is 6.16. The zero-order valence-corrected chi connectivity index (χ0v) is 15.0. The molecule has 1 N–H and O–H groups in total. The van der Waals surface area contributed by atoms with Crippen molar-refractivity contribution in [1.82, 2.24) is 10.3 Å². The molecule has 24 heavy (non-hydrogen) atoms. The molecule has 0 atom stereocenters. The number of hydrogen-bond donors (Lipinski definition) is 1. The summed E-state index contributed by atoms with van der Waals surface area (Å²) in [5.74, 6) is 0.0480. The van der Waals surface area contributed by atoms with Crippen LogP contribution in [0, 0.1) is 13.8 Å². The summed E-state index contributed by atoms with van der Waals surface area (Å²) in [6.45, 7) is 8.37. The Kier molecular flexibility index (Phi) is 7.19. The smallest absolute Gasteiger partial charge is 0.224 e. The summed E-state index contributed by atoms with van der Waals surface area (Å²) in [6, 6.07) is 8.07. The van der Waals surface area contributed by atoms with Crippen molar-refractivity contribution < 1.29 is 9.53 Å². The van der Waals surface area contributed by atoms with Gasteiger partial charge in [0.15, 0.2) is 0 Å². The Hall–Kier alpha value is -1.94. The summed E-state index contributed by atoms with van der Waals surface area (Å²) in [5, 5.41) is 4.10. The van der Waals surface area contributed by atoms with Crippen LogP contribution in [0.1, 0.15) is 43.0 Å². The highest BCUT2D eigenvalue weighted by Gasteiger charge is 2.12. The lowest BCUT2D eigenvalue weighted by atomic mass is 9.99. The molecule has 0 aliphatic rings. The maximum Gasteiger partial charge on any atom is 0.224 e. The van der Waals surface area contributed by atoms with Gasteiger partial charge in [-0.25, -0.2) is 0 Å². The predicted molar refractivity (Wildman–Crippen MR) is 98.3 cm³/mol. The normalized spacial score (nSPS) is 11.0. The molecule has 0 aliphatic heterocycles. The van der Waals surface area contributed by atoms with E-state index in [1.54, 1.807) is 0 Å². The van der Waals surface area contributed by atoms with E-state index in [-0.39, 0.29) is 5.91 Å². The predicted octanol–water partition coefficient (Wildman–Crippen LogP) is 3.72. The number of para-hydroxylation sites is 1. The Labute approximate surface area is 144 Å². The van der Waals surface area contributed by atoms with Crippen LogP contribution in [-0.4, -0.2) is 30.6 Å². The minimum Gasteiger partial charge on any atom is -0.381 e. The van der Waals surface area contributed by atoms with Gasteiger partial charge in [-0.3, -0.25) is 9.78 Å². The number of amides is 1. The Morgan fingerprint density at radius 2 is 1.92 bits per heavy atom. The van der Waals surface area contributed by atoms with Gasteiger partial charge in [0, 0.05) is 30.8 Å². The maximum absolute atomic E-state index is 12.2. The van der Waals surface area contributed by atoms with Crippen molar-refractivity contribution in [2.24, 2.45) is 0 Å². The molecular weight excluding hydrogens is 300 g/mol. The molecule has 0 aliphatic carbocycles. The Balaban J connectivity index is 1.87. The molecule has 0 saturated carbocycles. The number of ether oxygens (including phenoxy) is 1. The van der Waals surface area contributed by atoms with Crippen molar-refractivity contribution in [3.8, 4) is 0 Å². The van der Waals surface area contributed by atoms with E-state index in [1.807, 2.05) is 25.1 Å². The van der Waals surface area contributed by atoms with E-state index in [1.165, 1.54) is 0 Å². The first-order chi connectivity index (χ1) is 11.6. The molecular formula is C20H28N2O2. The first kappa shape index (κ1) is 18.4. The fraction of sp³-hybridized carbons (Fsp3) is 0.500. The molecule has 2 aromatic rings. The monoisotopic (exact) mass is 328 g/mol. The molecule has 1 amide bonds. The van der Waals surface area contributed by atoms with Crippen LogP contribution in [0.15, 0.2) is 24.3 Å². The molecule has 1 heterocycles. The lowest BCUT2D eigenvalue weighted by Gasteiger charge is -2.12. The van der Waals surface area contributed by atoms with Crippen LogP contribution in [0.2, 0.25) is 0 Å². The van der Waals surface area contributed by atoms with Crippen LogP contribution in [0.4, 0.5) is 0 Å². The average molecular weight is 328 g/mol. The molecule has 1 aromatic heterocycles. The van der Waals surface area contributed by atoms with E-state index >= 15 is 0 Å². The number of unbranched alkanes of at least 4 members (excludes halogenated alkanes) is 1. The molecule has 0 unspecified atom stereocenters. The lowest BCUT2D eigenvalue weighted by Crippen LogP contribution is -2.27. The van der Waals surface area contributed by atoms with Gasteiger partial charge in [0.2, 0.25) is 5.91 Å². The van der Waals surface area contributed by atoms with Crippen LogP contribution < -0.4 is 5.32 Å². The van der Waals surface area contributed by atoms with E-state index < -0.39 is 0 Å². The van der Waals surface area contributed by atoms with Crippen molar-refractivity contribution in [1.29, 1.82) is 0 Å². The van der Waals surface area contributed by atoms with Gasteiger partial charge >= 0.3 is 0 Å². The molecule has 130 valence electrons. The number of aromatic nitrogens is 1. The van der Waals surface area contributed by atoms with Gasteiger partial charge in [-0.1, -0.05) is 31.5 Å². The largest absolute Gasteiger partial charge is 0.381 e. The third kappa shape index (κ3) is 5.03. The van der Waals surface area contributed by atoms with E-state index in [4.69, 9.17) is 4.74 Å². The van der Waals surface area contributed by atoms with Crippen LogP contribution in [-0.2, 0) is 16.0 Å². The average Bonchev–Trinajstić information content (AvgIpc) is 2.58. The number of rotatable bonds is 9. The number of nitrogens with one attached hydrogen (secondary N) is 1. The molecule has 0 saturated heterocycles. The summed E-state index contributed by atoms with van der Waals surface area (Å²) in [7, 11) is 0. The van der Waals surface area contributed by atoms with Crippen molar-refractivity contribution in [2.75, 3.05) is 19.8 Å². The third-order valence-corrected chi connectivity index (χ3v) is 4.25. The van der Waals surface area contributed by atoms with Crippen LogP contribution in [0.3, 0.4) is 0 Å². The third-order valence-electron chi connectivity index (χ3n) is 4.25. The van der Waals surface area contributed by atoms with Gasteiger partial charge in [-0.2, -0.15) is 0 Å². The maximum atomic E-state index is 12.2. The van der Waals surface area contributed by atoms with Crippen molar-refractivity contribution >= 4 is 16.8 Å². The van der Waals surface area contributed by atoms with Crippen molar-refractivity contribution in [3.05, 3.63) is 41.1 Å². The molecule has 0 spiro atoms. The minimum absolute atomic E-state index is 0.0480. The summed E-state index contributed by atoms with van der Waals surface area (Å²) in [4.78, 5) is 16.8. The minimum atomic E-state index is 0.0480. The van der Waals surface area contributed by atoms with Gasteiger partial charge in [0.05, 0.1) is 11.9 Å². The molecule has 1 aromatic carbocycles. The highest BCUT2D eigenvalue weighted by Crippen LogP contribution is 2.22. The number of nitrogens with zero attached hydrogens (tertiary/aromatic N) is 1. The molecule has 0 bridgehead atoms.